The lowest BCUT2D eigenvalue weighted by Gasteiger charge is -2.39. The van der Waals surface area contributed by atoms with E-state index in [1.165, 1.54) is 34.6 Å². The van der Waals surface area contributed by atoms with Crippen LogP contribution in [0.2, 0.25) is 0 Å². The first kappa shape index (κ1) is 23.5. The van der Waals surface area contributed by atoms with Crippen LogP contribution in [0.1, 0.15) is 25.3 Å². The zero-order valence-corrected chi connectivity index (χ0v) is 18.7. The molecule has 0 unspecified atom stereocenters. The highest BCUT2D eigenvalue weighted by Crippen LogP contribution is 2.27. The third-order valence-electron chi connectivity index (χ3n) is 5.39. The quantitative estimate of drug-likeness (QED) is 0.621. The van der Waals surface area contributed by atoms with Crippen molar-refractivity contribution in [1.29, 1.82) is 0 Å². The lowest BCUT2D eigenvalue weighted by Crippen LogP contribution is -2.53. The number of nitrogens with one attached hydrogen (secondary N) is 2. The number of nitrogens with zero attached hydrogens (tertiary/aromatic N) is 1. The molecule has 1 fully saturated rings. The summed E-state index contributed by atoms with van der Waals surface area (Å²) >= 11 is 0. The van der Waals surface area contributed by atoms with Gasteiger partial charge in [-0.25, -0.2) is 13.2 Å². The van der Waals surface area contributed by atoms with E-state index in [-0.39, 0.29) is 17.4 Å². The zero-order valence-electron chi connectivity index (χ0n) is 17.9. The van der Waals surface area contributed by atoms with Gasteiger partial charge in [-0.05, 0) is 55.7 Å². The number of amides is 2. The number of hydrogen-bond donors (Lipinski definition) is 2. The number of hydrogen-bond acceptors (Lipinski definition) is 5. The molecule has 2 amide bonds. The molecule has 1 aliphatic heterocycles. The maximum absolute atomic E-state index is 13.0. The highest BCUT2D eigenvalue weighted by atomic mass is 32.2. The van der Waals surface area contributed by atoms with Gasteiger partial charge in [-0.3, -0.25) is 10.1 Å². The summed E-state index contributed by atoms with van der Waals surface area (Å²) < 4.78 is 32.5. The van der Waals surface area contributed by atoms with Gasteiger partial charge in [0, 0.05) is 24.3 Å². The molecule has 1 aliphatic rings. The zero-order chi connectivity index (χ0) is 23.2. The molecule has 0 radical (unpaired) electrons. The lowest BCUT2D eigenvalue weighted by atomic mass is 9.90. The predicted molar refractivity (Wildman–Crippen MR) is 121 cm³/mol. The number of anilines is 1. The van der Waals surface area contributed by atoms with Crippen LogP contribution in [0.15, 0.2) is 72.1 Å². The number of ether oxygens (including phenoxy) is 1. The Morgan fingerprint density at radius 1 is 1.09 bits per heavy atom. The van der Waals surface area contributed by atoms with Crippen molar-refractivity contribution in [2.75, 3.05) is 18.4 Å². The van der Waals surface area contributed by atoms with E-state index in [1.54, 1.807) is 0 Å². The van der Waals surface area contributed by atoms with Gasteiger partial charge in [0.25, 0.3) is 0 Å². The van der Waals surface area contributed by atoms with E-state index in [2.05, 4.69) is 17.2 Å². The van der Waals surface area contributed by atoms with Crippen LogP contribution in [0, 0.1) is 0 Å². The summed E-state index contributed by atoms with van der Waals surface area (Å²) in [5.74, 6) is -0.269. The first-order valence-corrected chi connectivity index (χ1v) is 11.7. The molecule has 2 aromatic carbocycles. The third kappa shape index (κ3) is 5.95. The van der Waals surface area contributed by atoms with Crippen LogP contribution in [0.5, 0.6) is 0 Å². The average molecular weight is 458 g/mol. The fourth-order valence-corrected chi connectivity index (χ4v) is 4.87. The van der Waals surface area contributed by atoms with E-state index in [9.17, 15) is 18.0 Å². The van der Waals surface area contributed by atoms with Gasteiger partial charge in [-0.1, -0.05) is 36.9 Å². The Bertz CT molecular complexity index is 1060. The van der Waals surface area contributed by atoms with Crippen LogP contribution in [0.3, 0.4) is 0 Å². The molecule has 0 aromatic heterocycles. The predicted octanol–water partition coefficient (Wildman–Crippen LogP) is 3.28. The monoisotopic (exact) mass is 457 g/mol. The number of carbonyl (C=O) groups is 2. The van der Waals surface area contributed by atoms with Crippen LogP contribution in [-0.2, 0) is 26.2 Å². The Hall–Kier alpha value is -3.17. The molecular formula is C23H27N3O5S. The molecule has 0 atom stereocenters. The maximum Gasteiger partial charge on any atom is 0.411 e. The highest BCUT2D eigenvalue weighted by molar-refractivity contribution is 7.89. The summed E-state index contributed by atoms with van der Waals surface area (Å²) in [6, 6.07) is 15.2. The number of benzene rings is 2. The third-order valence-corrected chi connectivity index (χ3v) is 7.30. The molecule has 32 heavy (non-hydrogen) atoms. The second-order valence-electron chi connectivity index (χ2n) is 7.87. The van der Waals surface area contributed by atoms with Gasteiger partial charge in [0.15, 0.2) is 0 Å². The van der Waals surface area contributed by atoms with Crippen molar-refractivity contribution in [1.82, 2.24) is 9.62 Å². The van der Waals surface area contributed by atoms with Crippen LogP contribution >= 0.6 is 0 Å². The second kappa shape index (κ2) is 9.97. The van der Waals surface area contributed by atoms with Crippen LogP contribution in [0.4, 0.5) is 10.5 Å². The molecule has 0 aliphatic carbocycles. The normalized spacial score (nSPS) is 16.0. The molecule has 0 spiro atoms. The highest BCUT2D eigenvalue weighted by Gasteiger charge is 2.36. The molecule has 1 heterocycles. The minimum Gasteiger partial charge on any atom is -0.444 e. The van der Waals surface area contributed by atoms with Gasteiger partial charge in [-0.2, -0.15) is 4.31 Å². The topological polar surface area (TPSA) is 105 Å². The van der Waals surface area contributed by atoms with Crippen molar-refractivity contribution in [3.8, 4) is 0 Å². The number of piperidine rings is 1. The fourth-order valence-electron chi connectivity index (χ4n) is 3.43. The SMILES string of the molecule is C=CC(=O)NC1(C)CCN(S(=O)(=O)c2ccc(NC(=O)OCc3ccccc3)cc2)CC1. The molecule has 3 rings (SSSR count). The standard InChI is InChI=1S/C23H27N3O5S/c1-3-21(27)25-23(2)13-15-26(16-14-23)32(29,30)20-11-9-19(10-12-20)24-22(28)31-17-18-7-5-4-6-8-18/h3-12H,1,13-17H2,2H3,(H,24,28)(H,25,27). The van der Waals surface area contributed by atoms with Crippen LogP contribution in [-0.4, -0.2) is 43.4 Å². The molecule has 0 saturated carbocycles. The molecular weight excluding hydrogens is 430 g/mol. The van der Waals surface area contributed by atoms with Crippen LogP contribution < -0.4 is 10.6 Å². The van der Waals surface area contributed by atoms with E-state index < -0.39 is 21.7 Å². The van der Waals surface area contributed by atoms with E-state index in [0.717, 1.165) is 5.56 Å². The largest absolute Gasteiger partial charge is 0.444 e. The summed E-state index contributed by atoms with van der Waals surface area (Å²) in [7, 11) is -3.68. The second-order valence-corrected chi connectivity index (χ2v) is 9.81. The maximum atomic E-state index is 13.0. The van der Waals surface area contributed by atoms with E-state index >= 15 is 0 Å². The Morgan fingerprint density at radius 3 is 2.31 bits per heavy atom. The fraction of sp³-hybridized carbons (Fsp3) is 0.304. The molecule has 8 nitrogen and oxygen atoms in total. The Kier molecular flexibility index (Phi) is 7.32. The first-order valence-electron chi connectivity index (χ1n) is 10.2. The molecule has 0 bridgehead atoms. The average Bonchev–Trinajstić information content (AvgIpc) is 2.79. The number of sulfonamides is 1. The Labute approximate surface area is 188 Å². The Balaban J connectivity index is 1.56. The minimum absolute atomic E-state index is 0.138. The lowest BCUT2D eigenvalue weighted by molar-refractivity contribution is -0.118. The number of carbonyl (C=O) groups excluding carboxylic acids is 2. The molecule has 1 saturated heterocycles. The molecule has 2 N–H and O–H groups in total. The van der Waals surface area contributed by atoms with Crippen molar-refractivity contribution in [2.45, 2.75) is 36.8 Å². The Morgan fingerprint density at radius 2 is 1.72 bits per heavy atom. The summed E-state index contributed by atoms with van der Waals surface area (Å²) in [6.45, 7) is 6.07. The van der Waals surface area contributed by atoms with Crippen molar-refractivity contribution in [3.05, 3.63) is 72.8 Å². The summed E-state index contributed by atoms with van der Waals surface area (Å²) in [4.78, 5) is 23.7. The van der Waals surface area contributed by atoms with E-state index in [4.69, 9.17) is 4.74 Å². The van der Waals surface area contributed by atoms with Gasteiger partial charge in [0.1, 0.15) is 6.61 Å². The van der Waals surface area contributed by atoms with Gasteiger partial charge < -0.3 is 10.1 Å². The molecule has 9 heteroatoms. The van der Waals surface area contributed by atoms with Gasteiger partial charge in [0.2, 0.25) is 15.9 Å². The first-order chi connectivity index (χ1) is 15.2. The van der Waals surface area contributed by atoms with Crippen molar-refractivity contribution in [3.63, 3.8) is 0 Å². The van der Waals surface area contributed by atoms with Gasteiger partial charge in [-0.15, -0.1) is 0 Å². The van der Waals surface area contributed by atoms with E-state index in [0.29, 0.717) is 31.6 Å². The van der Waals surface area contributed by atoms with Crippen LogP contribution in [0.25, 0.3) is 0 Å². The number of rotatable bonds is 7. The van der Waals surface area contributed by atoms with Gasteiger partial charge in [0.05, 0.1) is 4.90 Å². The summed E-state index contributed by atoms with van der Waals surface area (Å²) in [5, 5.41) is 5.46. The van der Waals surface area contributed by atoms with Crippen molar-refractivity contribution in [2.24, 2.45) is 0 Å². The summed E-state index contributed by atoms with van der Waals surface area (Å²) in [6.07, 6.45) is 1.58. The van der Waals surface area contributed by atoms with Crippen molar-refractivity contribution < 1.29 is 22.7 Å². The van der Waals surface area contributed by atoms with Gasteiger partial charge >= 0.3 is 6.09 Å². The van der Waals surface area contributed by atoms with Crippen molar-refractivity contribution >= 4 is 27.7 Å². The molecule has 2 aromatic rings. The smallest absolute Gasteiger partial charge is 0.411 e. The minimum atomic E-state index is -3.68. The van der Waals surface area contributed by atoms with E-state index in [1.807, 2.05) is 37.3 Å². The summed E-state index contributed by atoms with van der Waals surface area (Å²) in [5.41, 5.74) is 0.830. The molecule has 170 valence electrons.